The lowest BCUT2D eigenvalue weighted by Crippen LogP contribution is -2.25. The molecule has 0 aromatic carbocycles. The number of carbonyl (C=O) groups excluding carboxylic acids is 1. The smallest absolute Gasteiger partial charge is 0.389 e. The van der Waals surface area contributed by atoms with Crippen molar-refractivity contribution in [1.29, 1.82) is 0 Å². The second-order valence-electron chi connectivity index (χ2n) is 3.55. The Kier molecular flexibility index (Phi) is 4.84. The summed E-state index contributed by atoms with van der Waals surface area (Å²) in [5, 5.41) is 6.15. The number of carbonyl (C=O) groups is 1. The number of hydrogen-bond acceptors (Lipinski definition) is 4. The minimum Gasteiger partial charge on any atom is -0.389 e. The van der Waals surface area contributed by atoms with E-state index in [4.69, 9.17) is 18.0 Å². The topological polar surface area (TPSA) is 82.2 Å². The van der Waals surface area contributed by atoms with Crippen LogP contribution in [0.25, 0.3) is 0 Å². The number of thiocarbonyl (C=S) groups is 1. The number of nitrogens with one attached hydrogen (secondary N) is 1. The highest BCUT2D eigenvalue weighted by atomic mass is 32.1. The van der Waals surface area contributed by atoms with Gasteiger partial charge in [0.25, 0.3) is 5.91 Å². The molecule has 19 heavy (non-hydrogen) atoms. The van der Waals surface area contributed by atoms with Crippen LogP contribution in [0, 0.1) is 0 Å². The fourth-order valence-corrected chi connectivity index (χ4v) is 1.34. The zero-order valence-corrected chi connectivity index (χ0v) is 10.6. The third-order valence-corrected chi connectivity index (χ3v) is 2.18. The number of ether oxygens (including phenoxy) is 1. The summed E-state index contributed by atoms with van der Waals surface area (Å²) < 4.78 is 40.9. The molecule has 106 valence electrons. The molecule has 0 aliphatic heterocycles. The molecule has 10 heteroatoms. The number of nitrogens with zero attached hydrogens (tertiary/aromatic N) is 2. The summed E-state index contributed by atoms with van der Waals surface area (Å²) >= 11 is 4.75. The van der Waals surface area contributed by atoms with Gasteiger partial charge in [0.1, 0.15) is 24.0 Å². The average molecular weight is 296 g/mol. The molecule has 1 rings (SSSR count). The molecular formula is C9H11F3N4O2S. The van der Waals surface area contributed by atoms with Crippen LogP contribution in [0.1, 0.15) is 5.56 Å². The van der Waals surface area contributed by atoms with E-state index in [0.29, 0.717) is 5.56 Å². The molecule has 3 N–H and O–H groups in total. The van der Waals surface area contributed by atoms with Crippen molar-refractivity contribution in [1.82, 2.24) is 9.78 Å². The fourth-order valence-electron chi connectivity index (χ4n) is 1.19. The van der Waals surface area contributed by atoms with Crippen molar-refractivity contribution in [3.63, 3.8) is 0 Å². The lowest BCUT2D eigenvalue weighted by atomic mass is 10.3. The van der Waals surface area contributed by atoms with Crippen LogP contribution in [0.15, 0.2) is 6.20 Å². The molecule has 6 nitrogen and oxygen atoms in total. The molecule has 1 amide bonds. The Morgan fingerprint density at radius 1 is 1.63 bits per heavy atom. The molecule has 1 aromatic heterocycles. The van der Waals surface area contributed by atoms with E-state index in [-0.39, 0.29) is 10.8 Å². The number of halogens is 3. The van der Waals surface area contributed by atoms with Crippen molar-refractivity contribution >= 4 is 28.9 Å². The Morgan fingerprint density at radius 2 is 2.26 bits per heavy atom. The van der Waals surface area contributed by atoms with Gasteiger partial charge in [-0.05, 0) is 0 Å². The summed E-state index contributed by atoms with van der Waals surface area (Å²) in [6.07, 6.45) is -3.13. The first-order chi connectivity index (χ1) is 8.70. The standard InChI is InChI=1S/C9H11F3N4O2S/c1-16-8(5(2-14-16)7(13)19)15-6(17)3-18-4-9(10,11)12/h2H,3-4H2,1H3,(H2,13,19)(H,15,17). The lowest BCUT2D eigenvalue weighted by molar-refractivity contribution is -0.174. The monoisotopic (exact) mass is 296 g/mol. The molecule has 0 aliphatic rings. The van der Waals surface area contributed by atoms with Crippen molar-refractivity contribution < 1.29 is 22.7 Å². The zero-order chi connectivity index (χ0) is 14.6. The second-order valence-corrected chi connectivity index (χ2v) is 3.99. The largest absolute Gasteiger partial charge is 0.411 e. The minimum absolute atomic E-state index is 0.0135. The minimum atomic E-state index is -4.48. The molecule has 1 aromatic rings. The first kappa shape index (κ1) is 15.4. The second kappa shape index (κ2) is 5.97. The summed E-state index contributed by atoms with van der Waals surface area (Å²) in [7, 11) is 1.52. The van der Waals surface area contributed by atoms with E-state index in [9.17, 15) is 18.0 Å². The Labute approximate surface area is 111 Å². The molecule has 0 aliphatic carbocycles. The van der Waals surface area contributed by atoms with Crippen molar-refractivity contribution in [2.45, 2.75) is 6.18 Å². The highest BCUT2D eigenvalue weighted by molar-refractivity contribution is 7.80. The van der Waals surface area contributed by atoms with Crippen LogP contribution < -0.4 is 11.1 Å². The molecule has 0 unspecified atom stereocenters. The average Bonchev–Trinajstić information content (AvgIpc) is 2.58. The maximum Gasteiger partial charge on any atom is 0.411 e. The molecule has 0 fully saturated rings. The number of amides is 1. The van der Waals surface area contributed by atoms with Gasteiger partial charge >= 0.3 is 6.18 Å². The number of nitrogens with two attached hydrogens (primary N) is 1. The predicted molar refractivity (Wildman–Crippen MR) is 64.6 cm³/mol. The Hall–Kier alpha value is -1.68. The maximum atomic E-state index is 11.8. The molecule has 0 atom stereocenters. The van der Waals surface area contributed by atoms with Gasteiger partial charge in [-0.3, -0.25) is 9.48 Å². The third kappa shape index (κ3) is 4.83. The van der Waals surface area contributed by atoms with Gasteiger partial charge in [-0.25, -0.2) is 0 Å². The Morgan fingerprint density at radius 3 is 2.79 bits per heavy atom. The number of aromatic nitrogens is 2. The van der Waals surface area contributed by atoms with Crippen molar-refractivity contribution in [2.75, 3.05) is 18.5 Å². The van der Waals surface area contributed by atoms with Gasteiger partial charge in [0.15, 0.2) is 0 Å². The van der Waals surface area contributed by atoms with Gasteiger partial charge in [-0.2, -0.15) is 18.3 Å². The first-order valence-electron chi connectivity index (χ1n) is 4.97. The van der Waals surface area contributed by atoms with Crippen molar-refractivity contribution in [3.8, 4) is 0 Å². The highest BCUT2D eigenvalue weighted by Gasteiger charge is 2.27. The number of rotatable bonds is 5. The van der Waals surface area contributed by atoms with Crippen LogP contribution in [-0.4, -0.2) is 40.1 Å². The molecule has 0 radical (unpaired) electrons. The third-order valence-electron chi connectivity index (χ3n) is 1.96. The van der Waals surface area contributed by atoms with E-state index >= 15 is 0 Å². The van der Waals surface area contributed by atoms with Gasteiger partial charge < -0.3 is 15.8 Å². The molecule has 0 saturated carbocycles. The van der Waals surface area contributed by atoms with E-state index in [1.54, 1.807) is 0 Å². The van der Waals surface area contributed by atoms with E-state index in [1.165, 1.54) is 17.9 Å². The number of alkyl halides is 3. The highest BCUT2D eigenvalue weighted by Crippen LogP contribution is 2.15. The van der Waals surface area contributed by atoms with Gasteiger partial charge in [0.05, 0.1) is 11.8 Å². The maximum absolute atomic E-state index is 11.8. The van der Waals surface area contributed by atoms with Crippen LogP contribution in [-0.2, 0) is 16.6 Å². The number of hydrogen-bond donors (Lipinski definition) is 2. The molecule has 0 bridgehead atoms. The zero-order valence-electron chi connectivity index (χ0n) is 9.82. The Bertz CT molecular complexity index is 486. The number of aryl methyl sites for hydroxylation is 1. The van der Waals surface area contributed by atoms with Gasteiger partial charge in [-0.1, -0.05) is 12.2 Å². The van der Waals surface area contributed by atoms with Gasteiger partial charge in [0.2, 0.25) is 0 Å². The van der Waals surface area contributed by atoms with Crippen molar-refractivity contribution in [2.24, 2.45) is 12.8 Å². The van der Waals surface area contributed by atoms with E-state index in [2.05, 4.69) is 15.2 Å². The van der Waals surface area contributed by atoms with Crippen molar-refractivity contribution in [3.05, 3.63) is 11.8 Å². The Balaban J connectivity index is 2.58. The van der Waals surface area contributed by atoms with Crippen LogP contribution in [0.3, 0.4) is 0 Å². The fraction of sp³-hybridized carbons (Fsp3) is 0.444. The number of anilines is 1. The molecule has 0 saturated heterocycles. The van der Waals surface area contributed by atoms with Gasteiger partial charge in [-0.15, -0.1) is 0 Å². The summed E-state index contributed by atoms with van der Waals surface area (Å²) in [6.45, 7) is -2.23. The van der Waals surface area contributed by atoms with Crippen LogP contribution in [0.4, 0.5) is 19.0 Å². The van der Waals surface area contributed by atoms with E-state index < -0.39 is 25.3 Å². The quantitative estimate of drug-likeness (QED) is 0.776. The van der Waals surface area contributed by atoms with E-state index in [1.807, 2.05) is 0 Å². The summed E-state index contributed by atoms with van der Waals surface area (Å²) in [5.74, 6) is -0.557. The summed E-state index contributed by atoms with van der Waals surface area (Å²) in [4.78, 5) is 11.4. The summed E-state index contributed by atoms with van der Waals surface area (Å²) in [6, 6.07) is 0. The molecule has 0 spiro atoms. The van der Waals surface area contributed by atoms with Crippen LogP contribution in [0.2, 0.25) is 0 Å². The van der Waals surface area contributed by atoms with E-state index in [0.717, 1.165) is 0 Å². The van der Waals surface area contributed by atoms with Crippen LogP contribution >= 0.6 is 12.2 Å². The predicted octanol–water partition coefficient (Wildman–Crippen LogP) is 0.572. The lowest BCUT2D eigenvalue weighted by Gasteiger charge is -2.09. The first-order valence-corrected chi connectivity index (χ1v) is 5.37. The normalized spacial score (nSPS) is 11.4. The van der Waals surface area contributed by atoms with Gasteiger partial charge in [0, 0.05) is 7.05 Å². The van der Waals surface area contributed by atoms with Crippen LogP contribution in [0.5, 0.6) is 0 Å². The summed E-state index contributed by atoms with van der Waals surface area (Å²) in [5.41, 5.74) is 5.73. The molecular weight excluding hydrogens is 285 g/mol. The SMILES string of the molecule is Cn1ncc(C(N)=S)c1NC(=O)COCC(F)(F)F. The molecule has 1 heterocycles.